The van der Waals surface area contributed by atoms with Crippen LogP contribution in [0.25, 0.3) is 55.3 Å². The molecule has 0 unspecified atom stereocenters. The second kappa shape index (κ2) is 11.0. The number of rotatable bonds is 6. The van der Waals surface area contributed by atoms with Gasteiger partial charge in [0.2, 0.25) is 0 Å². The van der Waals surface area contributed by atoms with Gasteiger partial charge in [0.1, 0.15) is 5.58 Å². The minimum absolute atomic E-state index is 0.790. The molecule has 2 heterocycles. The number of anilines is 3. The van der Waals surface area contributed by atoms with Crippen LogP contribution in [-0.4, -0.2) is 4.98 Å². The normalized spacial score (nSPS) is 11.2. The maximum Gasteiger partial charge on any atom is 0.153 e. The fraction of sp³-hybridized carbons (Fsp3) is 0. The predicted molar refractivity (Wildman–Crippen MR) is 183 cm³/mol. The van der Waals surface area contributed by atoms with Crippen LogP contribution in [0.15, 0.2) is 175 Å². The van der Waals surface area contributed by atoms with Crippen molar-refractivity contribution < 1.29 is 4.42 Å². The number of furan rings is 1. The van der Waals surface area contributed by atoms with Crippen molar-refractivity contribution in [1.82, 2.24) is 4.98 Å². The highest BCUT2D eigenvalue weighted by Gasteiger charge is 2.19. The summed E-state index contributed by atoms with van der Waals surface area (Å²) in [5.74, 6) is 0. The molecule has 0 spiro atoms. The molecule has 0 aliphatic heterocycles. The van der Waals surface area contributed by atoms with Crippen molar-refractivity contribution in [2.24, 2.45) is 0 Å². The van der Waals surface area contributed by atoms with Crippen LogP contribution in [-0.2, 0) is 0 Å². The maximum absolute atomic E-state index is 6.11. The van der Waals surface area contributed by atoms with Crippen molar-refractivity contribution in [2.45, 2.75) is 0 Å². The molecule has 8 aromatic rings. The molecule has 0 saturated carbocycles. The molecule has 0 saturated heterocycles. The van der Waals surface area contributed by atoms with E-state index in [2.05, 4.69) is 155 Å². The number of aromatic nitrogens is 1. The Balaban J connectivity index is 1.24. The van der Waals surface area contributed by atoms with Crippen LogP contribution < -0.4 is 4.90 Å². The summed E-state index contributed by atoms with van der Waals surface area (Å²) in [5, 5.41) is 2.12. The lowest BCUT2D eigenvalue weighted by Gasteiger charge is -2.28. The van der Waals surface area contributed by atoms with Crippen molar-refractivity contribution in [3.05, 3.63) is 170 Å². The molecule has 0 fully saturated rings. The van der Waals surface area contributed by atoms with Crippen molar-refractivity contribution >= 4 is 39.0 Å². The van der Waals surface area contributed by atoms with Gasteiger partial charge >= 0.3 is 0 Å². The van der Waals surface area contributed by atoms with Gasteiger partial charge < -0.3 is 9.32 Å². The Hall–Kier alpha value is -5.93. The lowest BCUT2D eigenvalue weighted by molar-refractivity contribution is 0.667. The van der Waals surface area contributed by atoms with Crippen LogP contribution in [0.1, 0.15) is 0 Å². The second-order valence-corrected chi connectivity index (χ2v) is 10.9. The first-order valence-corrected chi connectivity index (χ1v) is 14.8. The van der Waals surface area contributed by atoms with E-state index in [9.17, 15) is 0 Å². The zero-order valence-corrected chi connectivity index (χ0v) is 24.0. The van der Waals surface area contributed by atoms with E-state index in [1.165, 1.54) is 27.8 Å². The standard InChI is InChI=1S/C41H28N2O/c1-3-9-29(10-4-1)30-15-17-31(18-16-30)32-19-21-34(22-20-32)43(39-14-8-7-13-36(39)33-11-5-2-6-12-33)35-23-24-40-38(27-35)37-25-26-42-28-41(37)44-40/h1-28H. The molecule has 0 aliphatic rings. The van der Waals surface area contributed by atoms with Gasteiger partial charge in [-0.25, -0.2) is 0 Å². The molecular weight excluding hydrogens is 536 g/mol. The zero-order chi connectivity index (χ0) is 29.3. The Morgan fingerprint density at radius 1 is 0.432 bits per heavy atom. The van der Waals surface area contributed by atoms with Crippen LogP contribution in [0.3, 0.4) is 0 Å². The van der Waals surface area contributed by atoms with E-state index in [0.717, 1.165) is 44.6 Å². The molecule has 8 rings (SSSR count). The van der Waals surface area contributed by atoms with E-state index in [0.29, 0.717) is 0 Å². The highest BCUT2D eigenvalue weighted by Crippen LogP contribution is 2.43. The summed E-state index contributed by atoms with van der Waals surface area (Å²) in [6, 6.07) is 55.7. The molecule has 3 nitrogen and oxygen atoms in total. The van der Waals surface area contributed by atoms with Gasteiger partial charge in [-0.1, -0.05) is 115 Å². The summed E-state index contributed by atoms with van der Waals surface area (Å²) >= 11 is 0. The van der Waals surface area contributed by atoms with E-state index in [1.807, 2.05) is 18.3 Å². The third-order valence-corrected chi connectivity index (χ3v) is 8.20. The third-order valence-electron chi connectivity index (χ3n) is 8.20. The SMILES string of the molecule is c1ccc(-c2ccc(-c3ccc(N(c4ccc5oc6cnccc6c5c4)c4ccccc4-c4ccccc4)cc3)cc2)cc1. The Morgan fingerprint density at radius 3 is 1.70 bits per heavy atom. The lowest BCUT2D eigenvalue weighted by atomic mass is 9.99. The molecule has 0 radical (unpaired) electrons. The van der Waals surface area contributed by atoms with Crippen molar-refractivity contribution in [1.29, 1.82) is 0 Å². The molecule has 6 aromatic carbocycles. The van der Waals surface area contributed by atoms with Crippen molar-refractivity contribution in [2.75, 3.05) is 4.90 Å². The second-order valence-electron chi connectivity index (χ2n) is 10.9. The Labute approximate surface area is 256 Å². The zero-order valence-electron chi connectivity index (χ0n) is 24.0. The third kappa shape index (κ3) is 4.71. The van der Waals surface area contributed by atoms with Gasteiger partial charge in [0.15, 0.2) is 5.58 Å². The molecule has 0 aliphatic carbocycles. The molecule has 44 heavy (non-hydrogen) atoms. The lowest BCUT2D eigenvalue weighted by Crippen LogP contribution is -2.11. The number of para-hydroxylation sites is 1. The van der Waals surface area contributed by atoms with Gasteiger partial charge in [-0.15, -0.1) is 0 Å². The van der Waals surface area contributed by atoms with E-state index in [1.54, 1.807) is 6.20 Å². The van der Waals surface area contributed by atoms with Gasteiger partial charge in [-0.2, -0.15) is 0 Å². The van der Waals surface area contributed by atoms with E-state index in [-0.39, 0.29) is 0 Å². The summed E-state index contributed by atoms with van der Waals surface area (Å²) in [6.07, 6.45) is 3.60. The smallest absolute Gasteiger partial charge is 0.153 e. The first-order chi connectivity index (χ1) is 21.8. The number of pyridine rings is 1. The first kappa shape index (κ1) is 25.8. The number of hydrogen-bond acceptors (Lipinski definition) is 3. The minimum atomic E-state index is 0.790. The Kier molecular flexibility index (Phi) is 6.47. The van der Waals surface area contributed by atoms with Gasteiger partial charge in [-0.3, -0.25) is 4.98 Å². The summed E-state index contributed by atoms with van der Waals surface area (Å²) < 4.78 is 6.11. The van der Waals surface area contributed by atoms with Crippen molar-refractivity contribution in [3.8, 4) is 33.4 Å². The van der Waals surface area contributed by atoms with E-state index >= 15 is 0 Å². The highest BCUT2D eigenvalue weighted by molar-refractivity contribution is 6.06. The summed E-state index contributed by atoms with van der Waals surface area (Å²) in [5.41, 5.74) is 12.0. The summed E-state index contributed by atoms with van der Waals surface area (Å²) in [4.78, 5) is 6.59. The largest absolute Gasteiger partial charge is 0.454 e. The maximum atomic E-state index is 6.11. The van der Waals surface area contributed by atoms with Gasteiger partial charge in [0.05, 0.1) is 11.9 Å². The average molecular weight is 565 g/mol. The average Bonchev–Trinajstić information content (AvgIpc) is 3.48. The molecule has 0 bridgehead atoms. The molecule has 0 N–H and O–H groups in total. The van der Waals surface area contributed by atoms with Crippen LogP contribution >= 0.6 is 0 Å². The van der Waals surface area contributed by atoms with Gasteiger partial charge in [0.25, 0.3) is 0 Å². The molecule has 2 aromatic heterocycles. The Bertz CT molecular complexity index is 2200. The Morgan fingerprint density at radius 2 is 1.00 bits per heavy atom. The van der Waals surface area contributed by atoms with E-state index in [4.69, 9.17) is 4.42 Å². The number of nitrogens with zero attached hydrogens (tertiary/aromatic N) is 2. The quantitative estimate of drug-likeness (QED) is 0.201. The van der Waals surface area contributed by atoms with Crippen LogP contribution in [0.5, 0.6) is 0 Å². The summed E-state index contributed by atoms with van der Waals surface area (Å²) in [6.45, 7) is 0. The molecule has 0 atom stereocenters. The first-order valence-electron chi connectivity index (χ1n) is 14.8. The highest BCUT2D eigenvalue weighted by atomic mass is 16.3. The fourth-order valence-corrected chi connectivity index (χ4v) is 6.01. The predicted octanol–water partition coefficient (Wildman–Crippen LogP) is 11.5. The number of hydrogen-bond donors (Lipinski definition) is 0. The molecular formula is C41H28N2O. The van der Waals surface area contributed by atoms with Crippen LogP contribution in [0.4, 0.5) is 17.1 Å². The van der Waals surface area contributed by atoms with Gasteiger partial charge in [-0.05, 0) is 70.3 Å². The monoisotopic (exact) mass is 564 g/mol. The molecule has 208 valence electrons. The molecule has 0 amide bonds. The van der Waals surface area contributed by atoms with Crippen LogP contribution in [0, 0.1) is 0 Å². The minimum Gasteiger partial charge on any atom is -0.454 e. The summed E-state index contributed by atoms with van der Waals surface area (Å²) in [7, 11) is 0. The number of fused-ring (bicyclic) bond motifs is 3. The molecule has 3 heteroatoms. The number of benzene rings is 6. The van der Waals surface area contributed by atoms with Gasteiger partial charge in [0, 0.05) is 33.9 Å². The van der Waals surface area contributed by atoms with Crippen LogP contribution in [0.2, 0.25) is 0 Å². The van der Waals surface area contributed by atoms with E-state index < -0.39 is 0 Å². The van der Waals surface area contributed by atoms with Crippen molar-refractivity contribution in [3.63, 3.8) is 0 Å². The fourth-order valence-electron chi connectivity index (χ4n) is 6.01. The topological polar surface area (TPSA) is 29.3 Å².